The normalized spacial score (nSPS) is 13.4. The van der Waals surface area contributed by atoms with Crippen LogP contribution in [-0.2, 0) is 16.0 Å². The van der Waals surface area contributed by atoms with E-state index in [2.05, 4.69) is 18.7 Å². The molecule has 4 nitrogen and oxygen atoms in total. The van der Waals surface area contributed by atoms with E-state index in [1.807, 2.05) is 63.2 Å². The van der Waals surface area contributed by atoms with Crippen LogP contribution in [0, 0.1) is 5.41 Å². The molecular weight excluding hydrogens is 362 g/mol. The minimum absolute atomic E-state index is 0.306. The van der Waals surface area contributed by atoms with Gasteiger partial charge in [0.1, 0.15) is 11.2 Å². The van der Waals surface area contributed by atoms with Gasteiger partial charge in [-0.15, -0.1) is 0 Å². The summed E-state index contributed by atoms with van der Waals surface area (Å²) in [6.07, 6.45) is 2.57. The molecule has 4 heteroatoms. The molecule has 0 aliphatic carbocycles. The van der Waals surface area contributed by atoms with Gasteiger partial charge in [-0.05, 0) is 69.9 Å². The molecule has 2 aromatic carbocycles. The van der Waals surface area contributed by atoms with Gasteiger partial charge in [-0.25, -0.2) is 0 Å². The van der Waals surface area contributed by atoms with Crippen LogP contribution in [0.2, 0.25) is 0 Å². The van der Waals surface area contributed by atoms with Crippen LogP contribution < -0.4 is 4.74 Å². The topological polar surface area (TPSA) is 47.9 Å². The van der Waals surface area contributed by atoms with E-state index in [0.29, 0.717) is 12.3 Å². The van der Waals surface area contributed by atoms with Crippen LogP contribution in [0.4, 0.5) is 5.69 Å². The third-order valence-corrected chi connectivity index (χ3v) is 5.27. The highest BCUT2D eigenvalue weighted by Crippen LogP contribution is 2.34. The summed E-state index contributed by atoms with van der Waals surface area (Å²) in [5.41, 5.74) is 2.57. The van der Waals surface area contributed by atoms with Crippen LogP contribution in [0.3, 0.4) is 0 Å². The van der Waals surface area contributed by atoms with Crippen LogP contribution in [0.15, 0.2) is 71.7 Å². The maximum Gasteiger partial charge on any atom is 0.321 e. The van der Waals surface area contributed by atoms with E-state index in [1.54, 1.807) is 7.11 Å². The number of hydrogen-bond donors (Lipinski definition) is 0. The zero-order valence-corrected chi connectivity index (χ0v) is 17.9. The number of rotatable bonds is 10. The fraction of sp³-hybridized carbons (Fsp3) is 0.360. The van der Waals surface area contributed by atoms with Crippen LogP contribution in [0.1, 0.15) is 39.2 Å². The molecular formula is C25H31NO3. The Bertz CT molecular complexity index is 840. The van der Waals surface area contributed by atoms with E-state index >= 15 is 0 Å². The van der Waals surface area contributed by atoms with Crippen LogP contribution in [0.25, 0.3) is 0 Å². The summed E-state index contributed by atoms with van der Waals surface area (Å²) < 4.78 is 10.6. The van der Waals surface area contributed by atoms with Gasteiger partial charge in [0.25, 0.3) is 0 Å². The molecule has 0 heterocycles. The summed E-state index contributed by atoms with van der Waals surface area (Å²) in [6.45, 7) is 10.1. The average Bonchev–Trinajstić information content (AvgIpc) is 2.74. The van der Waals surface area contributed by atoms with Gasteiger partial charge in [-0.3, -0.25) is 9.79 Å². The van der Waals surface area contributed by atoms with Crippen molar-refractivity contribution >= 4 is 17.4 Å². The summed E-state index contributed by atoms with van der Waals surface area (Å²) in [5, 5.41) is 0. The highest BCUT2D eigenvalue weighted by atomic mass is 16.5. The molecule has 1 atom stereocenters. The molecule has 0 radical (unpaired) electrons. The molecule has 0 amide bonds. The number of methoxy groups -OCH3 is 1. The number of ether oxygens (including phenoxy) is 2. The Balaban J connectivity index is 2.19. The Morgan fingerprint density at radius 2 is 1.76 bits per heavy atom. The summed E-state index contributed by atoms with van der Waals surface area (Å²) in [6, 6.07) is 17.8. The number of hydrogen-bond acceptors (Lipinski definition) is 4. The minimum Gasteiger partial charge on any atom is -0.497 e. The number of carbonyl (C=O) groups is 1. The summed E-state index contributed by atoms with van der Waals surface area (Å²) in [5.74, 6) is 0.458. The molecule has 0 aliphatic heterocycles. The molecule has 0 aliphatic rings. The van der Waals surface area contributed by atoms with Crippen LogP contribution in [0.5, 0.6) is 5.75 Å². The van der Waals surface area contributed by atoms with Gasteiger partial charge in [0.15, 0.2) is 0 Å². The molecule has 0 saturated carbocycles. The van der Waals surface area contributed by atoms with Crippen molar-refractivity contribution in [1.29, 1.82) is 0 Å². The summed E-state index contributed by atoms with van der Waals surface area (Å²) in [4.78, 5) is 17.6. The molecule has 29 heavy (non-hydrogen) atoms. The van der Waals surface area contributed by atoms with Gasteiger partial charge >= 0.3 is 5.97 Å². The zero-order chi connectivity index (χ0) is 21.3. The second kappa shape index (κ2) is 10.6. The maximum atomic E-state index is 12.9. The van der Waals surface area contributed by atoms with Crippen molar-refractivity contribution in [3.05, 3.63) is 72.3 Å². The molecule has 0 aromatic heterocycles. The Morgan fingerprint density at radius 3 is 2.34 bits per heavy atom. The predicted octanol–water partition coefficient (Wildman–Crippen LogP) is 5.94. The molecule has 0 fully saturated rings. The van der Waals surface area contributed by atoms with E-state index in [9.17, 15) is 4.79 Å². The third kappa shape index (κ3) is 5.80. The lowest BCUT2D eigenvalue weighted by atomic mass is 9.76. The SMILES string of the molecule is C=C(CCCc1ccccc1)C(C)(C(=O)OCC)C(C)=Nc1ccc(OC)cc1. The first-order valence-electron chi connectivity index (χ1n) is 10.0. The maximum absolute atomic E-state index is 12.9. The lowest BCUT2D eigenvalue weighted by Gasteiger charge is -2.30. The zero-order valence-electron chi connectivity index (χ0n) is 17.9. The van der Waals surface area contributed by atoms with E-state index in [0.717, 1.165) is 36.3 Å². The van der Waals surface area contributed by atoms with Crippen molar-refractivity contribution in [2.45, 2.75) is 40.0 Å². The van der Waals surface area contributed by atoms with E-state index < -0.39 is 5.41 Å². The number of esters is 1. The predicted molar refractivity (Wildman–Crippen MR) is 119 cm³/mol. The average molecular weight is 394 g/mol. The highest BCUT2D eigenvalue weighted by Gasteiger charge is 2.40. The molecule has 2 aromatic rings. The van der Waals surface area contributed by atoms with E-state index in [1.165, 1.54) is 5.56 Å². The quantitative estimate of drug-likeness (QED) is 0.285. The van der Waals surface area contributed by atoms with Crippen molar-refractivity contribution < 1.29 is 14.3 Å². The highest BCUT2D eigenvalue weighted by molar-refractivity contribution is 6.09. The Kier molecular flexibility index (Phi) is 8.20. The van der Waals surface area contributed by atoms with Crippen molar-refractivity contribution in [2.24, 2.45) is 10.4 Å². The second-order valence-electron chi connectivity index (χ2n) is 7.18. The Labute approximate surface area is 174 Å². The van der Waals surface area contributed by atoms with E-state index in [4.69, 9.17) is 14.5 Å². The number of nitrogens with zero attached hydrogens (tertiary/aromatic N) is 1. The lowest BCUT2D eigenvalue weighted by Crippen LogP contribution is -2.38. The first-order valence-corrected chi connectivity index (χ1v) is 10.0. The van der Waals surface area contributed by atoms with E-state index in [-0.39, 0.29) is 5.97 Å². The fourth-order valence-corrected chi connectivity index (χ4v) is 3.19. The smallest absolute Gasteiger partial charge is 0.321 e. The molecule has 0 spiro atoms. The van der Waals surface area contributed by atoms with Crippen molar-refractivity contribution in [3.8, 4) is 5.75 Å². The minimum atomic E-state index is -0.966. The first-order chi connectivity index (χ1) is 13.9. The molecule has 0 saturated heterocycles. The Hall–Kier alpha value is -2.88. The number of aliphatic imine (C=N–C) groups is 1. The van der Waals surface area contributed by atoms with Crippen molar-refractivity contribution in [1.82, 2.24) is 0 Å². The van der Waals surface area contributed by atoms with Gasteiger partial charge in [0.05, 0.1) is 19.4 Å². The molecule has 0 bridgehead atoms. The number of benzene rings is 2. The fourth-order valence-electron chi connectivity index (χ4n) is 3.19. The van der Waals surface area contributed by atoms with Gasteiger partial charge in [-0.2, -0.15) is 0 Å². The van der Waals surface area contributed by atoms with Gasteiger partial charge < -0.3 is 9.47 Å². The van der Waals surface area contributed by atoms with Crippen LogP contribution >= 0.6 is 0 Å². The van der Waals surface area contributed by atoms with Crippen molar-refractivity contribution in [2.75, 3.05) is 13.7 Å². The standard InChI is InChI=1S/C25H31NO3/c1-6-29-24(27)25(4,19(2)11-10-14-21-12-8-7-9-13-21)20(3)26-22-15-17-23(28-5)18-16-22/h7-9,12-13,15-18H,2,6,10-11,14H2,1,3-5H3. The van der Waals surface area contributed by atoms with Gasteiger partial charge in [-0.1, -0.05) is 42.5 Å². The molecule has 1 unspecified atom stereocenters. The number of carbonyl (C=O) groups excluding carboxylic acids is 1. The molecule has 2 rings (SSSR count). The van der Waals surface area contributed by atoms with Crippen LogP contribution in [-0.4, -0.2) is 25.4 Å². The Morgan fingerprint density at radius 1 is 1.10 bits per heavy atom. The lowest BCUT2D eigenvalue weighted by molar-refractivity contribution is -0.148. The molecule has 154 valence electrons. The monoisotopic (exact) mass is 393 g/mol. The van der Waals surface area contributed by atoms with Gasteiger partial charge in [0, 0.05) is 5.71 Å². The molecule has 0 N–H and O–H groups in total. The van der Waals surface area contributed by atoms with Gasteiger partial charge in [0.2, 0.25) is 0 Å². The first kappa shape index (κ1) is 22.4. The summed E-state index contributed by atoms with van der Waals surface area (Å²) in [7, 11) is 1.63. The largest absolute Gasteiger partial charge is 0.497 e. The number of aryl methyl sites for hydroxylation is 1. The van der Waals surface area contributed by atoms with Crippen molar-refractivity contribution in [3.63, 3.8) is 0 Å². The third-order valence-electron chi connectivity index (χ3n) is 5.27. The summed E-state index contributed by atoms with van der Waals surface area (Å²) >= 11 is 0. The second-order valence-corrected chi connectivity index (χ2v) is 7.18.